The summed E-state index contributed by atoms with van der Waals surface area (Å²) in [5, 5.41) is 3.10. The number of ketones is 1. The first-order valence-electron chi connectivity index (χ1n) is 8.66. The predicted octanol–water partition coefficient (Wildman–Crippen LogP) is 4.62. The molecule has 0 aromatic heterocycles. The fraction of sp³-hybridized carbons (Fsp3) is 0.333. The molecule has 1 N–H and O–H groups in total. The van der Waals surface area contributed by atoms with Crippen LogP contribution in [0.4, 0.5) is 0 Å². The average Bonchev–Trinajstić information content (AvgIpc) is 2.62. The number of hydrogen-bond acceptors (Lipinski definition) is 3. The van der Waals surface area contributed by atoms with Gasteiger partial charge >= 0.3 is 0 Å². The highest BCUT2D eigenvalue weighted by molar-refractivity contribution is 7.99. The fourth-order valence-corrected chi connectivity index (χ4v) is 4.17. The third-order valence-corrected chi connectivity index (χ3v) is 5.82. The largest absolute Gasteiger partial charge is 0.349 e. The summed E-state index contributed by atoms with van der Waals surface area (Å²) in [6, 6.07) is 14.0. The lowest BCUT2D eigenvalue weighted by atomic mass is 10.0. The summed E-state index contributed by atoms with van der Waals surface area (Å²) in [5.41, 5.74) is 4.15. The van der Waals surface area contributed by atoms with E-state index in [0.717, 1.165) is 17.7 Å². The lowest BCUT2D eigenvalue weighted by Gasteiger charge is -2.25. The summed E-state index contributed by atoms with van der Waals surface area (Å²) in [6.07, 6.45) is 1.41. The van der Waals surface area contributed by atoms with E-state index < -0.39 is 0 Å². The maximum absolute atomic E-state index is 12.3. The van der Waals surface area contributed by atoms with E-state index in [4.69, 9.17) is 0 Å². The second-order valence-corrected chi connectivity index (χ2v) is 7.65. The molecule has 0 saturated heterocycles. The summed E-state index contributed by atoms with van der Waals surface area (Å²) < 4.78 is 0. The van der Waals surface area contributed by atoms with Crippen LogP contribution >= 0.6 is 11.8 Å². The zero-order valence-corrected chi connectivity index (χ0v) is 15.5. The van der Waals surface area contributed by atoms with Gasteiger partial charge in [0.1, 0.15) is 0 Å². The molecule has 3 nitrogen and oxygen atoms in total. The highest BCUT2D eigenvalue weighted by Gasteiger charge is 2.22. The Balaban J connectivity index is 1.57. The number of carbonyl (C=O) groups is 2. The Morgan fingerprint density at radius 3 is 2.68 bits per heavy atom. The van der Waals surface area contributed by atoms with Gasteiger partial charge in [-0.05, 0) is 49.1 Å². The summed E-state index contributed by atoms with van der Waals surface area (Å²) in [4.78, 5) is 25.9. The number of amides is 1. The molecule has 3 rings (SSSR count). The number of rotatable bonds is 5. The lowest BCUT2D eigenvalue weighted by molar-refractivity contribution is -0.121. The number of thioether (sulfide) groups is 1. The first-order chi connectivity index (χ1) is 12.0. The highest BCUT2D eigenvalue weighted by atomic mass is 32.2. The zero-order valence-electron chi connectivity index (χ0n) is 14.7. The van der Waals surface area contributed by atoms with Crippen LogP contribution < -0.4 is 5.32 Å². The van der Waals surface area contributed by atoms with Crippen molar-refractivity contribution in [1.29, 1.82) is 0 Å². The van der Waals surface area contributed by atoms with Crippen LogP contribution in [0, 0.1) is 13.8 Å². The third kappa shape index (κ3) is 4.31. The number of nitrogens with one attached hydrogen (secondary N) is 1. The van der Waals surface area contributed by atoms with E-state index in [1.807, 2.05) is 55.9 Å². The molecule has 2 aromatic rings. The van der Waals surface area contributed by atoms with E-state index in [2.05, 4.69) is 17.4 Å². The van der Waals surface area contributed by atoms with Crippen molar-refractivity contribution < 1.29 is 9.59 Å². The molecule has 1 heterocycles. The maximum Gasteiger partial charge on any atom is 0.220 e. The number of carbonyl (C=O) groups excluding carboxylic acids is 2. The second-order valence-electron chi connectivity index (χ2n) is 6.52. The Morgan fingerprint density at radius 1 is 1.08 bits per heavy atom. The van der Waals surface area contributed by atoms with Crippen molar-refractivity contribution in [3.05, 3.63) is 64.7 Å². The minimum atomic E-state index is -0.0520. The smallest absolute Gasteiger partial charge is 0.220 e. The van der Waals surface area contributed by atoms with Gasteiger partial charge in [0.2, 0.25) is 5.91 Å². The van der Waals surface area contributed by atoms with E-state index in [9.17, 15) is 9.59 Å². The molecule has 0 saturated carbocycles. The molecule has 1 unspecified atom stereocenters. The number of aryl methyl sites for hydroxylation is 2. The molecular weight excluding hydrogens is 330 g/mol. The van der Waals surface area contributed by atoms with Crippen LogP contribution in [0.2, 0.25) is 0 Å². The number of Topliss-reactive ketones (excluding diaryl/α,β-unsaturated/α-hetero) is 1. The Hall–Kier alpha value is -2.07. The van der Waals surface area contributed by atoms with Gasteiger partial charge in [0.15, 0.2) is 5.78 Å². The second kappa shape index (κ2) is 7.87. The standard InChI is InChI=1S/C21H23NO2S/c1-14-7-8-16(13-15(14)2)19(23)9-10-21(24)22-18-11-12-25-20-6-4-3-5-17(18)20/h3-8,13,18H,9-12H2,1-2H3,(H,22,24). The van der Waals surface area contributed by atoms with Gasteiger partial charge in [-0.25, -0.2) is 0 Å². The molecule has 2 aromatic carbocycles. The first kappa shape index (κ1) is 17.7. The van der Waals surface area contributed by atoms with Crippen molar-refractivity contribution in [3.63, 3.8) is 0 Å². The van der Waals surface area contributed by atoms with Gasteiger partial charge < -0.3 is 5.32 Å². The normalized spacial score (nSPS) is 16.2. The van der Waals surface area contributed by atoms with Gasteiger partial charge in [0.05, 0.1) is 6.04 Å². The average molecular weight is 353 g/mol. The molecule has 0 spiro atoms. The van der Waals surface area contributed by atoms with E-state index >= 15 is 0 Å². The van der Waals surface area contributed by atoms with E-state index in [1.54, 1.807) is 0 Å². The molecule has 1 atom stereocenters. The number of fused-ring (bicyclic) bond motifs is 1. The van der Waals surface area contributed by atoms with Crippen LogP contribution in [0.5, 0.6) is 0 Å². The summed E-state index contributed by atoms with van der Waals surface area (Å²) in [7, 11) is 0. The van der Waals surface area contributed by atoms with Crippen LogP contribution in [-0.2, 0) is 4.79 Å². The Morgan fingerprint density at radius 2 is 1.88 bits per heavy atom. The van der Waals surface area contributed by atoms with Gasteiger partial charge in [-0.3, -0.25) is 9.59 Å². The summed E-state index contributed by atoms with van der Waals surface area (Å²) in [6.45, 7) is 4.02. The van der Waals surface area contributed by atoms with Crippen molar-refractivity contribution in [2.75, 3.05) is 5.75 Å². The van der Waals surface area contributed by atoms with Crippen LogP contribution in [0.1, 0.15) is 52.4 Å². The molecule has 0 radical (unpaired) electrons. The predicted molar refractivity (Wildman–Crippen MR) is 102 cm³/mol. The van der Waals surface area contributed by atoms with Crippen LogP contribution in [0.25, 0.3) is 0 Å². The molecular formula is C21H23NO2S. The minimum Gasteiger partial charge on any atom is -0.349 e. The fourth-order valence-electron chi connectivity index (χ4n) is 3.04. The van der Waals surface area contributed by atoms with Crippen LogP contribution in [0.3, 0.4) is 0 Å². The molecule has 0 fully saturated rings. The van der Waals surface area contributed by atoms with E-state index in [1.165, 1.54) is 16.0 Å². The van der Waals surface area contributed by atoms with Crippen LogP contribution in [-0.4, -0.2) is 17.4 Å². The molecule has 1 aliphatic rings. The SMILES string of the molecule is Cc1ccc(C(=O)CCC(=O)NC2CCSc3ccccc32)cc1C. The minimum absolute atomic E-state index is 0.0258. The molecule has 1 amide bonds. The number of benzene rings is 2. The van der Waals surface area contributed by atoms with Crippen LogP contribution in [0.15, 0.2) is 47.4 Å². The molecule has 0 bridgehead atoms. The van der Waals surface area contributed by atoms with Gasteiger partial charge in [-0.2, -0.15) is 0 Å². The molecule has 4 heteroatoms. The topological polar surface area (TPSA) is 46.2 Å². The van der Waals surface area contributed by atoms with Crippen molar-refractivity contribution in [3.8, 4) is 0 Å². The van der Waals surface area contributed by atoms with Crippen molar-refractivity contribution in [2.45, 2.75) is 44.0 Å². The van der Waals surface area contributed by atoms with E-state index in [0.29, 0.717) is 5.56 Å². The van der Waals surface area contributed by atoms with Gasteiger partial charge in [0, 0.05) is 29.1 Å². The van der Waals surface area contributed by atoms with Crippen molar-refractivity contribution >= 4 is 23.5 Å². The zero-order chi connectivity index (χ0) is 17.8. The first-order valence-corrected chi connectivity index (χ1v) is 9.64. The molecule has 130 valence electrons. The van der Waals surface area contributed by atoms with Crippen molar-refractivity contribution in [1.82, 2.24) is 5.32 Å². The summed E-state index contributed by atoms with van der Waals surface area (Å²) >= 11 is 1.83. The monoisotopic (exact) mass is 353 g/mol. The number of hydrogen-bond donors (Lipinski definition) is 1. The molecule has 25 heavy (non-hydrogen) atoms. The Labute approximate surface area is 153 Å². The lowest BCUT2D eigenvalue weighted by Crippen LogP contribution is -2.30. The van der Waals surface area contributed by atoms with Crippen molar-refractivity contribution in [2.24, 2.45) is 0 Å². The Bertz CT molecular complexity index is 800. The maximum atomic E-state index is 12.3. The molecule has 0 aliphatic carbocycles. The Kier molecular flexibility index (Phi) is 5.59. The van der Waals surface area contributed by atoms with E-state index in [-0.39, 0.29) is 30.6 Å². The van der Waals surface area contributed by atoms with Gasteiger partial charge in [0.25, 0.3) is 0 Å². The summed E-state index contributed by atoms with van der Waals surface area (Å²) in [5.74, 6) is 0.977. The van der Waals surface area contributed by atoms with Gasteiger partial charge in [-0.15, -0.1) is 11.8 Å². The molecule has 1 aliphatic heterocycles. The quantitative estimate of drug-likeness (QED) is 0.798. The third-order valence-electron chi connectivity index (χ3n) is 4.70. The highest BCUT2D eigenvalue weighted by Crippen LogP contribution is 2.35. The van der Waals surface area contributed by atoms with Gasteiger partial charge in [-0.1, -0.05) is 30.3 Å².